The summed E-state index contributed by atoms with van der Waals surface area (Å²) in [6.45, 7) is 0. The van der Waals surface area contributed by atoms with E-state index in [9.17, 15) is 4.79 Å². The van der Waals surface area contributed by atoms with Crippen molar-refractivity contribution in [1.29, 1.82) is 0 Å². The van der Waals surface area contributed by atoms with E-state index in [0.717, 1.165) is 5.39 Å². The van der Waals surface area contributed by atoms with Gasteiger partial charge in [0.25, 0.3) is 0 Å². The highest BCUT2D eigenvalue weighted by molar-refractivity contribution is 5.84. The van der Waals surface area contributed by atoms with Gasteiger partial charge in [-0.1, -0.05) is 36.4 Å². The Hall–Kier alpha value is -2.55. The van der Waals surface area contributed by atoms with Crippen LogP contribution in [0.15, 0.2) is 63.8 Å². The monoisotopic (exact) mass is 237 g/mol. The summed E-state index contributed by atoms with van der Waals surface area (Å²) < 4.78 is 5.29. The fourth-order valence-corrected chi connectivity index (χ4v) is 1.99. The molecule has 3 heteroatoms. The molecule has 2 aromatic carbocycles. The second-order valence-corrected chi connectivity index (χ2v) is 4.07. The first-order valence-electron chi connectivity index (χ1n) is 5.63. The van der Waals surface area contributed by atoms with Crippen molar-refractivity contribution in [2.75, 3.05) is 5.73 Å². The molecule has 0 unspecified atom stereocenters. The lowest BCUT2D eigenvalue weighted by Crippen LogP contribution is -2.04. The molecule has 0 radical (unpaired) electrons. The molecule has 0 amide bonds. The third-order valence-corrected chi connectivity index (χ3v) is 2.89. The Morgan fingerprint density at radius 3 is 2.44 bits per heavy atom. The van der Waals surface area contributed by atoms with Gasteiger partial charge in [0.1, 0.15) is 5.58 Å². The molecule has 0 aliphatic carbocycles. The van der Waals surface area contributed by atoms with Crippen molar-refractivity contribution < 1.29 is 4.42 Å². The molecule has 1 aromatic heterocycles. The fourth-order valence-electron chi connectivity index (χ4n) is 1.99. The molecule has 3 nitrogen and oxygen atoms in total. The van der Waals surface area contributed by atoms with Crippen molar-refractivity contribution in [2.45, 2.75) is 0 Å². The Balaban J connectivity index is 2.33. The summed E-state index contributed by atoms with van der Waals surface area (Å²) in [7, 11) is 0. The molecule has 0 saturated heterocycles. The minimum Gasteiger partial charge on any atom is -0.422 e. The van der Waals surface area contributed by atoms with Crippen LogP contribution in [0.1, 0.15) is 0 Å². The van der Waals surface area contributed by atoms with E-state index in [0.29, 0.717) is 22.4 Å². The van der Waals surface area contributed by atoms with Crippen LogP contribution in [0, 0.1) is 0 Å². The van der Waals surface area contributed by atoms with E-state index in [1.165, 1.54) is 0 Å². The second kappa shape index (κ2) is 4.04. The molecule has 0 aliphatic heterocycles. The molecule has 0 aliphatic rings. The largest absolute Gasteiger partial charge is 0.422 e. The van der Waals surface area contributed by atoms with Crippen molar-refractivity contribution >= 4 is 16.7 Å². The molecule has 0 fully saturated rings. The third kappa shape index (κ3) is 1.66. The summed E-state index contributed by atoms with van der Waals surface area (Å²) in [5.41, 5.74) is 7.87. The number of nitrogens with two attached hydrogens (primary N) is 1. The molecule has 3 rings (SSSR count). The summed E-state index contributed by atoms with van der Waals surface area (Å²) in [6.07, 6.45) is 0. The number of hydrogen-bond acceptors (Lipinski definition) is 3. The number of nitrogen functional groups attached to an aromatic ring is 1. The smallest absolute Gasteiger partial charge is 0.344 e. The lowest BCUT2D eigenvalue weighted by Gasteiger charge is -2.05. The molecule has 1 heterocycles. The maximum absolute atomic E-state index is 12.0. The topological polar surface area (TPSA) is 56.2 Å². The van der Waals surface area contributed by atoms with Gasteiger partial charge in [-0.15, -0.1) is 0 Å². The Labute approximate surface area is 103 Å². The number of para-hydroxylation sites is 2. The van der Waals surface area contributed by atoms with Gasteiger partial charge in [0.05, 0.1) is 5.56 Å². The van der Waals surface area contributed by atoms with Gasteiger partial charge in [-0.2, -0.15) is 0 Å². The van der Waals surface area contributed by atoms with Gasteiger partial charge in [0.15, 0.2) is 0 Å². The van der Waals surface area contributed by atoms with E-state index in [4.69, 9.17) is 10.2 Å². The van der Waals surface area contributed by atoms with Crippen LogP contribution >= 0.6 is 0 Å². The summed E-state index contributed by atoms with van der Waals surface area (Å²) >= 11 is 0. The van der Waals surface area contributed by atoms with Crippen LogP contribution in [0.25, 0.3) is 22.1 Å². The highest BCUT2D eigenvalue weighted by atomic mass is 16.4. The van der Waals surface area contributed by atoms with E-state index >= 15 is 0 Å². The predicted octanol–water partition coefficient (Wildman–Crippen LogP) is 3.04. The Morgan fingerprint density at radius 1 is 0.889 bits per heavy atom. The maximum Gasteiger partial charge on any atom is 0.344 e. The highest BCUT2D eigenvalue weighted by Gasteiger charge is 2.09. The highest BCUT2D eigenvalue weighted by Crippen LogP contribution is 2.25. The molecule has 18 heavy (non-hydrogen) atoms. The van der Waals surface area contributed by atoms with Crippen molar-refractivity contribution in [3.8, 4) is 11.1 Å². The molecular weight excluding hydrogens is 226 g/mol. The number of fused-ring (bicyclic) bond motifs is 1. The van der Waals surface area contributed by atoms with Crippen LogP contribution in [0.2, 0.25) is 0 Å². The van der Waals surface area contributed by atoms with Crippen LogP contribution in [-0.4, -0.2) is 0 Å². The van der Waals surface area contributed by atoms with Crippen LogP contribution in [0.4, 0.5) is 5.69 Å². The van der Waals surface area contributed by atoms with Crippen molar-refractivity contribution in [3.63, 3.8) is 0 Å². The van der Waals surface area contributed by atoms with Crippen molar-refractivity contribution in [1.82, 2.24) is 0 Å². The van der Waals surface area contributed by atoms with Gasteiger partial charge >= 0.3 is 5.63 Å². The van der Waals surface area contributed by atoms with Gasteiger partial charge in [-0.05, 0) is 18.2 Å². The van der Waals surface area contributed by atoms with E-state index < -0.39 is 0 Å². The molecule has 0 spiro atoms. The minimum absolute atomic E-state index is 0.369. The van der Waals surface area contributed by atoms with E-state index in [1.807, 2.05) is 42.5 Å². The molecular formula is C15H11NO2. The molecule has 3 aromatic rings. The van der Waals surface area contributed by atoms with E-state index in [-0.39, 0.29) is 5.63 Å². The lowest BCUT2D eigenvalue weighted by atomic mass is 10.0. The van der Waals surface area contributed by atoms with Crippen molar-refractivity contribution in [2.24, 2.45) is 0 Å². The second-order valence-electron chi connectivity index (χ2n) is 4.07. The number of anilines is 1. The maximum atomic E-state index is 12.0. The molecule has 0 atom stereocenters. The van der Waals surface area contributed by atoms with Gasteiger partial charge in [-0.25, -0.2) is 4.79 Å². The van der Waals surface area contributed by atoms with Gasteiger partial charge in [0, 0.05) is 16.6 Å². The molecule has 88 valence electrons. The zero-order chi connectivity index (χ0) is 12.5. The summed E-state index contributed by atoms with van der Waals surface area (Å²) in [5.74, 6) is 0. The fraction of sp³-hybridized carbons (Fsp3) is 0. The number of hydrogen-bond donors (Lipinski definition) is 1. The SMILES string of the molecule is Nc1ccccc1-c1cc2ccccc2oc1=O. The van der Waals surface area contributed by atoms with Crippen LogP contribution < -0.4 is 11.4 Å². The van der Waals surface area contributed by atoms with E-state index in [1.54, 1.807) is 12.1 Å². The quantitative estimate of drug-likeness (QED) is 0.522. The first-order chi connectivity index (χ1) is 8.75. The van der Waals surface area contributed by atoms with Gasteiger partial charge in [-0.3, -0.25) is 0 Å². The van der Waals surface area contributed by atoms with Crippen LogP contribution in [0.5, 0.6) is 0 Å². The Kier molecular flexibility index (Phi) is 2.38. The molecule has 0 saturated carbocycles. The van der Waals surface area contributed by atoms with Crippen molar-refractivity contribution in [3.05, 3.63) is 65.0 Å². The summed E-state index contributed by atoms with van der Waals surface area (Å²) in [4.78, 5) is 12.0. The van der Waals surface area contributed by atoms with E-state index in [2.05, 4.69) is 0 Å². The molecule has 0 bridgehead atoms. The standard InChI is InChI=1S/C15H11NO2/c16-13-7-3-2-6-11(13)12-9-10-5-1-4-8-14(10)18-15(12)17/h1-9H,16H2. The predicted molar refractivity (Wildman–Crippen MR) is 72.3 cm³/mol. The minimum atomic E-state index is -0.369. The zero-order valence-corrected chi connectivity index (χ0v) is 9.59. The number of benzene rings is 2. The first kappa shape index (κ1) is 10.6. The average molecular weight is 237 g/mol. The summed E-state index contributed by atoms with van der Waals surface area (Å²) in [6, 6.07) is 16.5. The Morgan fingerprint density at radius 2 is 1.61 bits per heavy atom. The lowest BCUT2D eigenvalue weighted by molar-refractivity contribution is 0.563. The number of rotatable bonds is 1. The first-order valence-corrected chi connectivity index (χ1v) is 5.63. The van der Waals surface area contributed by atoms with Gasteiger partial charge < -0.3 is 10.2 Å². The summed E-state index contributed by atoms with van der Waals surface area (Å²) in [5, 5.41) is 0.885. The van der Waals surface area contributed by atoms with Crippen LogP contribution in [-0.2, 0) is 0 Å². The van der Waals surface area contributed by atoms with Gasteiger partial charge in [0.2, 0.25) is 0 Å². The van der Waals surface area contributed by atoms with Crippen LogP contribution in [0.3, 0.4) is 0 Å². The normalized spacial score (nSPS) is 10.7. The average Bonchev–Trinajstić information content (AvgIpc) is 2.39. The third-order valence-electron chi connectivity index (χ3n) is 2.89. The zero-order valence-electron chi connectivity index (χ0n) is 9.59. The molecule has 2 N–H and O–H groups in total. The Bertz CT molecular complexity index is 775.